The summed E-state index contributed by atoms with van der Waals surface area (Å²) in [4.78, 5) is 9.49. The molecule has 4 nitrogen and oxygen atoms in total. The van der Waals surface area contributed by atoms with Crippen LogP contribution in [0.1, 0.15) is 0 Å². The van der Waals surface area contributed by atoms with Crippen LogP contribution >= 0.6 is 0 Å². The zero-order chi connectivity index (χ0) is 5.15. The molecule has 0 saturated carbocycles. The van der Waals surface area contributed by atoms with E-state index < -0.39 is 6.03 Å². The van der Waals surface area contributed by atoms with Crippen LogP contribution in [0.15, 0.2) is 0 Å². The normalized spacial score (nSPS) is 7.67. The van der Waals surface area contributed by atoms with Crippen LogP contribution in [0, 0.1) is 5.21 Å². The molecule has 0 aliphatic carbocycles. The van der Waals surface area contributed by atoms with Crippen molar-refractivity contribution in [3.05, 3.63) is 5.21 Å². The lowest BCUT2D eigenvalue weighted by Gasteiger charge is -2.17. The zero-order valence-corrected chi connectivity index (χ0v) is 3.84. The molecule has 0 fully saturated rings. The van der Waals surface area contributed by atoms with Crippen molar-refractivity contribution in [3.63, 3.8) is 0 Å². The fourth-order valence-electron chi connectivity index (χ4n) is 0. The molecular weight excluding hydrogens is 100 g/mol. The number of urea groups is 1. The molecule has 0 aliphatic rings. The van der Waals surface area contributed by atoms with Gasteiger partial charge in [0, 0.05) is 0 Å². The molecule has 2 amide bonds. The fraction of sp³-hybridized carbons (Fsp3) is 0. The highest BCUT2D eigenvalue weighted by Gasteiger charge is 1.81. The van der Waals surface area contributed by atoms with Crippen molar-refractivity contribution in [1.29, 1.82) is 0 Å². The molecule has 0 unspecified atom stereocenters. The maximum atomic E-state index is 9.50. The second-order valence-electron chi connectivity index (χ2n) is 0.633. The van der Waals surface area contributed by atoms with Gasteiger partial charge in [-0.2, -0.15) is 0 Å². The van der Waals surface area contributed by atoms with Gasteiger partial charge in [0.05, 0.1) is 0 Å². The Hall–Kier alpha value is -0.553. The van der Waals surface area contributed by atoms with Crippen LogP contribution in [0.5, 0.6) is 0 Å². The van der Waals surface area contributed by atoms with Gasteiger partial charge in [0.1, 0.15) is 0 Å². The molecule has 5 heteroatoms. The second kappa shape index (κ2) is 1.78. The third-order valence-corrected chi connectivity index (χ3v) is 0.421. The van der Waals surface area contributed by atoms with E-state index >= 15 is 0 Å². The third kappa shape index (κ3) is 1.74. The first-order chi connectivity index (χ1) is 2.64. The molecule has 0 saturated heterocycles. The van der Waals surface area contributed by atoms with E-state index in [1.54, 1.807) is 0 Å². The predicted octanol–water partition coefficient (Wildman–Crippen LogP) is -1.05. The number of hydroxylamine groups is 1. The smallest absolute Gasteiger partial charge is 0.295 e. The first kappa shape index (κ1) is 5.45. The van der Waals surface area contributed by atoms with E-state index in [9.17, 15) is 10.0 Å². The van der Waals surface area contributed by atoms with E-state index in [2.05, 4.69) is 16.1 Å². The Morgan fingerprint density at radius 2 is 2.17 bits per heavy atom. The predicted molar refractivity (Wildman–Crippen MR) is 20.5 cm³/mol. The molecule has 0 spiro atoms. The maximum Gasteiger partial charge on any atom is 0.295 e. The lowest BCUT2D eigenvalue weighted by molar-refractivity contribution is 0.241. The van der Waals surface area contributed by atoms with Gasteiger partial charge in [-0.05, 0) is 0 Å². The highest BCUT2D eigenvalue weighted by Crippen LogP contribution is 1.66. The van der Waals surface area contributed by atoms with Gasteiger partial charge in [0.25, 0.3) is 6.03 Å². The highest BCUT2D eigenvalue weighted by molar-refractivity contribution is 6.13. The van der Waals surface area contributed by atoms with E-state index in [1.165, 1.54) is 0 Å². The van der Waals surface area contributed by atoms with Gasteiger partial charge in [-0.15, -0.1) is 0 Å². The number of nitrogens with zero attached hydrogens (tertiary/aromatic N) is 1. The zero-order valence-electron chi connectivity index (χ0n) is 2.84. The molecule has 0 heterocycles. The Morgan fingerprint density at radius 3 is 2.17 bits per heavy atom. The van der Waals surface area contributed by atoms with E-state index in [0.717, 1.165) is 0 Å². The van der Waals surface area contributed by atoms with E-state index in [1.807, 2.05) is 0 Å². The Balaban J connectivity index is 3.26. The lowest BCUT2D eigenvalue weighted by Crippen LogP contribution is -2.27. The molecule has 6 heavy (non-hydrogen) atoms. The first-order valence-corrected chi connectivity index (χ1v) is 1.57. The van der Waals surface area contributed by atoms with Gasteiger partial charge in [-0.25, -0.2) is 0 Å². The minimum Gasteiger partial charge on any atom is -0.764 e. The Labute approximate surface area is 38.0 Å². The Morgan fingerprint density at radius 1 is 2.00 bits per heavy atom. The average Bonchev–Trinajstić information content (AvgIpc) is 1.36. The van der Waals surface area contributed by atoms with Gasteiger partial charge >= 0.3 is 0 Å². The number of rotatable bonds is 0. The van der Waals surface area contributed by atoms with Gasteiger partial charge in [0.2, 0.25) is 0 Å². The number of hydrogen-bond acceptors (Lipinski definition) is 2. The molecule has 0 rings (SSSR count). The van der Waals surface area contributed by atoms with Crippen LogP contribution in [0.3, 0.4) is 0 Å². The first-order valence-electron chi connectivity index (χ1n) is 1.12. The second-order valence-corrected chi connectivity index (χ2v) is 1.04. The molecule has 0 bridgehead atoms. The van der Waals surface area contributed by atoms with Crippen LogP contribution in [0.4, 0.5) is 4.79 Å². The van der Waals surface area contributed by atoms with Gasteiger partial charge in [-0.3, -0.25) is 4.79 Å². The summed E-state index contributed by atoms with van der Waals surface area (Å²) in [6.07, 6.45) is 0. The van der Waals surface area contributed by atoms with Gasteiger partial charge < -0.3 is 15.7 Å². The van der Waals surface area contributed by atoms with Crippen molar-refractivity contribution >= 4 is 16.4 Å². The molecule has 0 aromatic carbocycles. The third-order valence-electron chi connectivity index (χ3n) is 0.200. The quantitative estimate of drug-likeness (QED) is 0.313. The van der Waals surface area contributed by atoms with Crippen LogP contribution in [0.2, 0.25) is 0 Å². The summed E-state index contributed by atoms with van der Waals surface area (Å²) < 4.78 is -0.139. The van der Waals surface area contributed by atoms with Crippen molar-refractivity contribution in [1.82, 2.24) is 4.73 Å². The van der Waals surface area contributed by atoms with Crippen molar-refractivity contribution < 1.29 is 4.79 Å². The van der Waals surface area contributed by atoms with E-state index in [0.29, 0.717) is 0 Å². The van der Waals surface area contributed by atoms with Crippen LogP contribution in [-0.4, -0.2) is 21.2 Å². The summed E-state index contributed by atoms with van der Waals surface area (Å²) in [6.45, 7) is 0. The van der Waals surface area contributed by atoms with Crippen molar-refractivity contribution in [2.45, 2.75) is 0 Å². The summed E-state index contributed by atoms with van der Waals surface area (Å²) in [5.41, 5.74) is 4.36. The average molecular weight is 102 g/mol. The van der Waals surface area contributed by atoms with Crippen molar-refractivity contribution in [3.8, 4) is 0 Å². The number of nitrogens with two attached hydrogens (primary N) is 1. The number of primary amides is 1. The summed E-state index contributed by atoms with van der Waals surface area (Å²) in [5, 5.41) is 9.50. The summed E-state index contributed by atoms with van der Waals surface area (Å²) >= 11 is 0. The molecule has 33 valence electrons. The number of carbonyl (C=O) groups is 1. The molecular formula is CH2N2O2Si-. The highest BCUT2D eigenvalue weighted by atomic mass is 28.2. The monoisotopic (exact) mass is 102 g/mol. The Bertz CT molecular complexity index is 62.6. The molecule has 3 radical (unpaired) electrons. The van der Waals surface area contributed by atoms with E-state index in [4.69, 9.17) is 0 Å². The molecule has 0 atom stereocenters. The van der Waals surface area contributed by atoms with E-state index in [-0.39, 0.29) is 4.73 Å². The molecule has 0 aromatic rings. The maximum absolute atomic E-state index is 9.50. The SMILES string of the molecule is NC(=O)N([O-])[Si]. The fourth-order valence-corrected chi connectivity index (χ4v) is 0. The van der Waals surface area contributed by atoms with Crippen LogP contribution in [0.25, 0.3) is 0 Å². The Kier molecular flexibility index (Phi) is 1.62. The van der Waals surface area contributed by atoms with Crippen LogP contribution in [-0.2, 0) is 0 Å². The topological polar surface area (TPSA) is 69.4 Å². The van der Waals surface area contributed by atoms with Crippen molar-refractivity contribution in [2.24, 2.45) is 5.73 Å². The number of carbonyl (C=O) groups excluding carboxylic acids is 1. The number of hydrogen-bond donors (Lipinski definition) is 1. The largest absolute Gasteiger partial charge is 0.764 e. The lowest BCUT2D eigenvalue weighted by atomic mass is 11.2. The number of amides is 2. The summed E-state index contributed by atoms with van der Waals surface area (Å²) in [5.74, 6) is 0. The minimum atomic E-state index is -1.05. The minimum absolute atomic E-state index is 0.139. The summed E-state index contributed by atoms with van der Waals surface area (Å²) in [6, 6.07) is -1.05. The van der Waals surface area contributed by atoms with Crippen LogP contribution < -0.4 is 5.73 Å². The van der Waals surface area contributed by atoms with Crippen molar-refractivity contribution in [2.75, 3.05) is 0 Å². The van der Waals surface area contributed by atoms with Gasteiger partial charge in [0.15, 0.2) is 10.4 Å². The van der Waals surface area contributed by atoms with Gasteiger partial charge in [-0.1, -0.05) is 0 Å². The summed E-state index contributed by atoms with van der Waals surface area (Å²) in [7, 11) is 2.29. The molecule has 0 aromatic heterocycles. The molecule has 2 N–H and O–H groups in total. The standard InChI is InChI=1S/CH2N2O2Si/c2-1(4)3(5)6/h(H2,2,4)/q-1. The molecule has 0 aliphatic heterocycles.